The fourth-order valence-corrected chi connectivity index (χ4v) is 3.41. The van der Waals surface area contributed by atoms with Crippen LogP contribution in [0.4, 0.5) is 0 Å². The van der Waals surface area contributed by atoms with Gasteiger partial charge in [-0.1, -0.05) is 28.1 Å². The Bertz CT molecular complexity index is 496. The number of halogens is 1. The van der Waals surface area contributed by atoms with Gasteiger partial charge in [-0.2, -0.15) is 0 Å². The molecule has 3 nitrogen and oxygen atoms in total. The molecule has 114 valence electrons. The molecule has 1 aromatic carbocycles. The molecule has 4 heteroatoms. The summed E-state index contributed by atoms with van der Waals surface area (Å²) in [6.07, 6.45) is 4.63. The van der Waals surface area contributed by atoms with Crippen molar-refractivity contribution in [3.8, 4) is 0 Å². The minimum Gasteiger partial charge on any atom is -0.378 e. The van der Waals surface area contributed by atoms with Crippen LogP contribution < -0.4 is 0 Å². The molecule has 1 amide bonds. The number of rotatable bonds is 5. The maximum atomic E-state index is 12.4. The van der Waals surface area contributed by atoms with Gasteiger partial charge in [0.15, 0.2) is 0 Å². The molecule has 0 bridgehead atoms. The molecule has 0 radical (unpaired) electrons. The number of hydrogen-bond donors (Lipinski definition) is 0. The van der Waals surface area contributed by atoms with Crippen molar-refractivity contribution in [2.75, 3.05) is 20.2 Å². The van der Waals surface area contributed by atoms with Gasteiger partial charge in [-0.3, -0.25) is 4.79 Å². The zero-order chi connectivity index (χ0) is 14.8. The SMILES string of the molecule is CN(CC[C@@H]1CCCO1)C(=O)[C@@H]1C[C@@H]1c1ccc(Br)cc1. The maximum Gasteiger partial charge on any atom is 0.226 e. The van der Waals surface area contributed by atoms with Crippen LogP contribution in [0.15, 0.2) is 28.7 Å². The van der Waals surface area contributed by atoms with Gasteiger partial charge in [0.1, 0.15) is 0 Å². The molecule has 21 heavy (non-hydrogen) atoms. The van der Waals surface area contributed by atoms with Gasteiger partial charge in [-0.05, 0) is 49.3 Å². The minimum atomic E-state index is 0.181. The first-order valence-corrected chi connectivity index (χ1v) is 8.56. The first kappa shape index (κ1) is 15.0. The molecule has 1 saturated carbocycles. The number of ether oxygens (including phenoxy) is 1. The summed E-state index contributed by atoms with van der Waals surface area (Å²) < 4.78 is 6.70. The van der Waals surface area contributed by atoms with Crippen molar-refractivity contribution >= 4 is 21.8 Å². The monoisotopic (exact) mass is 351 g/mol. The molecule has 1 aromatic rings. The van der Waals surface area contributed by atoms with E-state index in [-0.39, 0.29) is 5.92 Å². The molecule has 2 aliphatic rings. The molecule has 0 unspecified atom stereocenters. The first-order chi connectivity index (χ1) is 10.1. The maximum absolute atomic E-state index is 12.4. The van der Waals surface area contributed by atoms with Gasteiger partial charge in [0, 0.05) is 30.6 Å². The summed E-state index contributed by atoms with van der Waals surface area (Å²) in [4.78, 5) is 14.3. The van der Waals surface area contributed by atoms with E-state index in [4.69, 9.17) is 4.74 Å². The van der Waals surface area contributed by atoms with Crippen LogP contribution >= 0.6 is 15.9 Å². The van der Waals surface area contributed by atoms with Crippen LogP contribution in [0.2, 0.25) is 0 Å². The summed E-state index contributed by atoms with van der Waals surface area (Å²) in [6.45, 7) is 1.70. The van der Waals surface area contributed by atoms with E-state index in [1.807, 2.05) is 11.9 Å². The Morgan fingerprint density at radius 3 is 2.81 bits per heavy atom. The fraction of sp³-hybridized carbons (Fsp3) is 0.588. The van der Waals surface area contributed by atoms with Crippen LogP contribution in [-0.4, -0.2) is 37.1 Å². The Balaban J connectivity index is 1.48. The zero-order valence-electron chi connectivity index (χ0n) is 12.4. The summed E-state index contributed by atoms with van der Waals surface area (Å²) >= 11 is 3.45. The van der Waals surface area contributed by atoms with Crippen molar-refractivity contribution in [2.24, 2.45) is 5.92 Å². The third-order valence-electron chi connectivity index (χ3n) is 4.59. The molecule has 0 N–H and O–H groups in total. The lowest BCUT2D eigenvalue weighted by molar-refractivity contribution is -0.131. The van der Waals surface area contributed by atoms with Crippen molar-refractivity contribution in [2.45, 2.75) is 37.7 Å². The summed E-state index contributed by atoms with van der Waals surface area (Å²) in [5.41, 5.74) is 1.28. The third-order valence-corrected chi connectivity index (χ3v) is 5.12. The lowest BCUT2D eigenvalue weighted by Gasteiger charge is -2.19. The molecule has 3 atom stereocenters. The largest absolute Gasteiger partial charge is 0.378 e. The van der Waals surface area contributed by atoms with Crippen molar-refractivity contribution in [3.05, 3.63) is 34.3 Å². The van der Waals surface area contributed by atoms with Gasteiger partial charge in [0.25, 0.3) is 0 Å². The van der Waals surface area contributed by atoms with Gasteiger partial charge < -0.3 is 9.64 Å². The van der Waals surface area contributed by atoms with Crippen LogP contribution in [-0.2, 0) is 9.53 Å². The first-order valence-electron chi connectivity index (χ1n) is 7.77. The molecule has 1 saturated heterocycles. The Kier molecular flexibility index (Phi) is 4.65. The van der Waals surface area contributed by atoms with Gasteiger partial charge in [-0.15, -0.1) is 0 Å². The van der Waals surface area contributed by atoms with Crippen molar-refractivity contribution in [1.82, 2.24) is 4.90 Å². The number of hydrogen-bond acceptors (Lipinski definition) is 2. The predicted molar refractivity (Wildman–Crippen MR) is 86.2 cm³/mol. The van der Waals surface area contributed by atoms with Crippen LogP contribution in [0, 0.1) is 5.92 Å². The standard InChI is InChI=1S/C17H22BrNO2/c1-19(9-8-14-3-2-10-21-14)17(20)16-11-15(16)12-4-6-13(18)7-5-12/h4-7,14-16H,2-3,8-11H2,1H3/t14-,15+,16+/m0/s1. The molecular weight excluding hydrogens is 330 g/mol. The average Bonchev–Trinajstić information content (AvgIpc) is 3.11. The molecular formula is C17H22BrNO2. The molecule has 3 rings (SSSR count). The van der Waals surface area contributed by atoms with E-state index in [0.29, 0.717) is 17.9 Å². The predicted octanol–water partition coefficient (Wildman–Crippen LogP) is 3.58. The zero-order valence-corrected chi connectivity index (χ0v) is 14.0. The Morgan fingerprint density at radius 1 is 1.38 bits per heavy atom. The second-order valence-electron chi connectivity index (χ2n) is 6.18. The highest BCUT2D eigenvalue weighted by molar-refractivity contribution is 9.10. The third kappa shape index (κ3) is 3.67. The highest BCUT2D eigenvalue weighted by Crippen LogP contribution is 2.48. The van der Waals surface area contributed by atoms with E-state index in [1.54, 1.807) is 0 Å². The number of amides is 1. The van der Waals surface area contributed by atoms with E-state index in [1.165, 1.54) is 5.56 Å². The fourth-order valence-electron chi connectivity index (χ4n) is 3.15. The Morgan fingerprint density at radius 2 is 2.14 bits per heavy atom. The van der Waals surface area contributed by atoms with E-state index >= 15 is 0 Å². The normalized spacial score (nSPS) is 27.6. The summed E-state index contributed by atoms with van der Waals surface area (Å²) in [5, 5.41) is 0. The van der Waals surface area contributed by atoms with Crippen molar-refractivity contribution in [3.63, 3.8) is 0 Å². The Hall–Kier alpha value is -0.870. The molecule has 0 aromatic heterocycles. The molecule has 0 spiro atoms. The van der Waals surface area contributed by atoms with Gasteiger partial charge in [0.2, 0.25) is 5.91 Å². The number of carbonyl (C=O) groups excluding carboxylic acids is 1. The lowest BCUT2D eigenvalue weighted by atomic mass is 10.1. The van der Waals surface area contributed by atoms with Crippen molar-refractivity contribution < 1.29 is 9.53 Å². The van der Waals surface area contributed by atoms with E-state index in [9.17, 15) is 4.79 Å². The number of nitrogens with zero attached hydrogens (tertiary/aromatic N) is 1. The quantitative estimate of drug-likeness (QED) is 0.811. The van der Waals surface area contributed by atoms with Gasteiger partial charge in [0.05, 0.1) is 6.10 Å². The Labute approximate surface area is 134 Å². The molecule has 1 aliphatic heterocycles. The van der Waals surface area contributed by atoms with E-state index < -0.39 is 0 Å². The summed E-state index contributed by atoms with van der Waals surface area (Å²) in [5.74, 6) is 0.886. The van der Waals surface area contributed by atoms with Crippen LogP contribution in [0.5, 0.6) is 0 Å². The minimum absolute atomic E-state index is 0.181. The average molecular weight is 352 g/mol. The van der Waals surface area contributed by atoms with Gasteiger partial charge >= 0.3 is 0 Å². The van der Waals surface area contributed by atoms with E-state index in [2.05, 4.69) is 40.2 Å². The van der Waals surface area contributed by atoms with Crippen LogP contribution in [0.3, 0.4) is 0 Å². The lowest BCUT2D eigenvalue weighted by Crippen LogP contribution is -2.31. The second kappa shape index (κ2) is 6.49. The summed E-state index contributed by atoms with van der Waals surface area (Å²) in [6, 6.07) is 8.34. The highest BCUT2D eigenvalue weighted by Gasteiger charge is 2.45. The number of benzene rings is 1. The van der Waals surface area contributed by atoms with Gasteiger partial charge in [-0.25, -0.2) is 0 Å². The van der Waals surface area contributed by atoms with E-state index in [0.717, 1.165) is 43.3 Å². The molecule has 1 aliphatic carbocycles. The highest BCUT2D eigenvalue weighted by atomic mass is 79.9. The number of carbonyl (C=O) groups is 1. The van der Waals surface area contributed by atoms with Crippen LogP contribution in [0.25, 0.3) is 0 Å². The molecule has 2 fully saturated rings. The summed E-state index contributed by atoms with van der Waals surface area (Å²) in [7, 11) is 1.92. The van der Waals surface area contributed by atoms with Crippen molar-refractivity contribution in [1.29, 1.82) is 0 Å². The smallest absolute Gasteiger partial charge is 0.226 e. The topological polar surface area (TPSA) is 29.5 Å². The second-order valence-corrected chi connectivity index (χ2v) is 7.10. The molecule has 1 heterocycles. The van der Waals surface area contributed by atoms with Crippen LogP contribution in [0.1, 0.15) is 37.2 Å².